The Bertz CT molecular complexity index is 289. The Kier molecular flexibility index (Phi) is 6.27. The molecule has 2 N–H and O–H groups in total. The van der Waals surface area contributed by atoms with E-state index in [9.17, 15) is 4.79 Å². The first-order chi connectivity index (χ1) is 8.89. The van der Waals surface area contributed by atoms with Gasteiger partial charge < -0.3 is 10.6 Å². The monoisotopic (exact) mass is 269 g/mol. The number of hydrogen-bond donors (Lipinski definition) is 2. The predicted octanol–water partition coefficient (Wildman–Crippen LogP) is 1.61. The fraction of sp³-hybridized carbons (Fsp3) is 0.933. The van der Waals surface area contributed by atoms with Crippen LogP contribution in [0.4, 0.5) is 0 Å². The zero-order valence-corrected chi connectivity index (χ0v) is 13.3. The lowest BCUT2D eigenvalue weighted by Gasteiger charge is -2.37. The first kappa shape index (κ1) is 16.4. The number of hydrogen-bond acceptors (Lipinski definition) is 3. The third-order valence-electron chi connectivity index (χ3n) is 4.32. The summed E-state index contributed by atoms with van der Waals surface area (Å²) in [4.78, 5) is 14.6. The summed E-state index contributed by atoms with van der Waals surface area (Å²) in [6, 6.07) is -0.0227. The lowest BCUT2D eigenvalue weighted by Crippen LogP contribution is -2.54. The molecule has 2 unspecified atom stereocenters. The first-order valence-electron chi connectivity index (χ1n) is 7.60. The lowest BCUT2D eigenvalue weighted by molar-refractivity contribution is -0.128. The van der Waals surface area contributed by atoms with Crippen LogP contribution in [0.15, 0.2) is 0 Å². The van der Waals surface area contributed by atoms with Gasteiger partial charge in [-0.05, 0) is 66.1 Å². The lowest BCUT2D eigenvalue weighted by atomic mass is 9.96. The molecule has 1 heterocycles. The summed E-state index contributed by atoms with van der Waals surface area (Å²) >= 11 is 0. The summed E-state index contributed by atoms with van der Waals surface area (Å²) in [6.45, 7) is 11.4. The highest BCUT2D eigenvalue weighted by atomic mass is 16.2. The third kappa shape index (κ3) is 5.11. The minimum absolute atomic E-state index is 0.0227. The molecule has 1 amide bonds. The molecule has 0 spiro atoms. The Morgan fingerprint density at radius 1 is 1.47 bits per heavy atom. The molecule has 112 valence electrons. The van der Waals surface area contributed by atoms with Crippen molar-refractivity contribution in [2.75, 3.05) is 26.7 Å². The maximum Gasteiger partial charge on any atom is 0.237 e. The van der Waals surface area contributed by atoms with E-state index in [0.717, 1.165) is 26.1 Å². The van der Waals surface area contributed by atoms with Crippen molar-refractivity contribution in [2.45, 2.75) is 58.5 Å². The molecule has 4 nitrogen and oxygen atoms in total. The van der Waals surface area contributed by atoms with Crippen LogP contribution in [0, 0.1) is 5.92 Å². The summed E-state index contributed by atoms with van der Waals surface area (Å²) in [5.41, 5.74) is -0.106. The van der Waals surface area contributed by atoms with Crippen LogP contribution in [-0.2, 0) is 4.79 Å². The van der Waals surface area contributed by atoms with Gasteiger partial charge in [-0.1, -0.05) is 6.92 Å². The van der Waals surface area contributed by atoms with E-state index in [4.69, 9.17) is 0 Å². The summed E-state index contributed by atoms with van der Waals surface area (Å²) in [5, 5.41) is 6.40. The topological polar surface area (TPSA) is 44.4 Å². The molecule has 0 saturated carbocycles. The minimum Gasteiger partial charge on any atom is -0.350 e. The van der Waals surface area contributed by atoms with Crippen molar-refractivity contribution < 1.29 is 4.79 Å². The quantitative estimate of drug-likeness (QED) is 0.770. The van der Waals surface area contributed by atoms with Gasteiger partial charge in [0.05, 0.1) is 6.04 Å². The van der Waals surface area contributed by atoms with Gasteiger partial charge in [0.2, 0.25) is 5.91 Å². The summed E-state index contributed by atoms with van der Waals surface area (Å²) in [7, 11) is 2.00. The minimum atomic E-state index is -0.106. The van der Waals surface area contributed by atoms with E-state index in [2.05, 4.69) is 36.3 Å². The molecule has 1 aliphatic heterocycles. The van der Waals surface area contributed by atoms with E-state index in [1.165, 1.54) is 12.8 Å². The predicted molar refractivity (Wildman–Crippen MR) is 80.2 cm³/mol. The Morgan fingerprint density at radius 3 is 2.74 bits per heavy atom. The van der Waals surface area contributed by atoms with Crippen LogP contribution in [-0.4, -0.2) is 49.1 Å². The van der Waals surface area contributed by atoms with Gasteiger partial charge in [0.15, 0.2) is 0 Å². The standard InChI is InChI=1S/C15H31N3O/c1-6-15(3,4)17-14(19)12(2)18-9-7-8-13(11-18)10-16-5/h12-13,16H,6-11H2,1-5H3,(H,17,19). The second-order valence-electron chi connectivity index (χ2n) is 6.46. The molecule has 1 aliphatic rings. The highest BCUT2D eigenvalue weighted by Crippen LogP contribution is 2.18. The van der Waals surface area contributed by atoms with Crippen molar-refractivity contribution >= 4 is 5.91 Å². The van der Waals surface area contributed by atoms with E-state index < -0.39 is 0 Å². The largest absolute Gasteiger partial charge is 0.350 e. The van der Waals surface area contributed by atoms with Crippen LogP contribution in [0.2, 0.25) is 0 Å². The summed E-state index contributed by atoms with van der Waals surface area (Å²) in [6.07, 6.45) is 3.42. The molecular weight excluding hydrogens is 238 g/mol. The van der Waals surface area contributed by atoms with Crippen molar-refractivity contribution in [3.63, 3.8) is 0 Å². The average molecular weight is 269 g/mol. The average Bonchev–Trinajstić information content (AvgIpc) is 2.38. The van der Waals surface area contributed by atoms with Crippen molar-refractivity contribution in [1.29, 1.82) is 0 Å². The number of carbonyl (C=O) groups excluding carboxylic acids is 1. The number of nitrogens with zero attached hydrogens (tertiary/aromatic N) is 1. The normalized spacial score (nSPS) is 23.1. The Labute approximate surface area is 118 Å². The van der Waals surface area contributed by atoms with Crippen molar-refractivity contribution in [1.82, 2.24) is 15.5 Å². The molecule has 1 rings (SSSR count). The number of rotatable bonds is 6. The van der Waals surface area contributed by atoms with Gasteiger partial charge in [0.1, 0.15) is 0 Å². The Balaban J connectivity index is 2.51. The third-order valence-corrected chi connectivity index (χ3v) is 4.32. The summed E-state index contributed by atoms with van der Waals surface area (Å²) < 4.78 is 0. The second kappa shape index (κ2) is 7.25. The maximum atomic E-state index is 12.3. The van der Waals surface area contributed by atoms with Crippen molar-refractivity contribution in [3.8, 4) is 0 Å². The number of likely N-dealkylation sites (tertiary alicyclic amines) is 1. The van der Waals surface area contributed by atoms with Gasteiger partial charge in [0.25, 0.3) is 0 Å². The highest BCUT2D eigenvalue weighted by molar-refractivity contribution is 5.82. The molecule has 0 aromatic rings. The van der Waals surface area contributed by atoms with Gasteiger partial charge >= 0.3 is 0 Å². The molecule has 1 fully saturated rings. The van der Waals surface area contributed by atoms with Gasteiger partial charge in [-0.3, -0.25) is 9.69 Å². The van der Waals surface area contributed by atoms with E-state index in [-0.39, 0.29) is 17.5 Å². The van der Waals surface area contributed by atoms with Crippen LogP contribution >= 0.6 is 0 Å². The van der Waals surface area contributed by atoms with Crippen LogP contribution in [0.5, 0.6) is 0 Å². The SMILES string of the molecule is CCC(C)(C)NC(=O)C(C)N1CCCC(CNC)C1. The van der Waals surface area contributed by atoms with Gasteiger partial charge in [-0.2, -0.15) is 0 Å². The number of piperidine rings is 1. The fourth-order valence-corrected chi connectivity index (χ4v) is 2.60. The van der Waals surface area contributed by atoms with E-state index in [0.29, 0.717) is 5.92 Å². The molecule has 1 saturated heterocycles. The van der Waals surface area contributed by atoms with Gasteiger partial charge in [0, 0.05) is 12.1 Å². The number of carbonyl (C=O) groups is 1. The van der Waals surface area contributed by atoms with Crippen molar-refractivity contribution in [3.05, 3.63) is 0 Å². The van der Waals surface area contributed by atoms with Crippen LogP contribution in [0.3, 0.4) is 0 Å². The number of nitrogens with one attached hydrogen (secondary N) is 2. The van der Waals surface area contributed by atoms with Crippen LogP contribution in [0.1, 0.15) is 47.0 Å². The zero-order valence-electron chi connectivity index (χ0n) is 13.3. The fourth-order valence-electron chi connectivity index (χ4n) is 2.60. The van der Waals surface area contributed by atoms with E-state index >= 15 is 0 Å². The molecule has 0 aromatic heterocycles. The maximum absolute atomic E-state index is 12.3. The van der Waals surface area contributed by atoms with Crippen molar-refractivity contribution in [2.24, 2.45) is 5.92 Å². The Morgan fingerprint density at radius 2 is 2.16 bits per heavy atom. The molecule has 0 bridgehead atoms. The molecule has 0 radical (unpaired) electrons. The Hall–Kier alpha value is -0.610. The number of amides is 1. The molecular formula is C15H31N3O. The van der Waals surface area contributed by atoms with Crippen LogP contribution < -0.4 is 10.6 Å². The molecule has 0 aliphatic carbocycles. The molecule has 19 heavy (non-hydrogen) atoms. The van der Waals surface area contributed by atoms with Gasteiger partial charge in [-0.15, -0.1) is 0 Å². The first-order valence-corrected chi connectivity index (χ1v) is 7.60. The molecule has 4 heteroatoms. The van der Waals surface area contributed by atoms with Gasteiger partial charge in [-0.25, -0.2) is 0 Å². The van der Waals surface area contributed by atoms with E-state index in [1.807, 2.05) is 14.0 Å². The molecule has 2 atom stereocenters. The molecule has 0 aromatic carbocycles. The zero-order chi connectivity index (χ0) is 14.5. The second-order valence-corrected chi connectivity index (χ2v) is 6.46. The highest BCUT2D eigenvalue weighted by Gasteiger charge is 2.29. The smallest absolute Gasteiger partial charge is 0.237 e. The van der Waals surface area contributed by atoms with E-state index in [1.54, 1.807) is 0 Å². The van der Waals surface area contributed by atoms with Crippen LogP contribution in [0.25, 0.3) is 0 Å². The summed E-state index contributed by atoms with van der Waals surface area (Å²) in [5.74, 6) is 0.838.